The highest BCUT2D eigenvalue weighted by molar-refractivity contribution is 6.00. The number of carbonyl (C=O) groups is 1. The number of rotatable bonds is 5. The van der Waals surface area contributed by atoms with Gasteiger partial charge in [-0.2, -0.15) is 0 Å². The lowest BCUT2D eigenvalue weighted by molar-refractivity contribution is 0.0699. The molecule has 0 saturated heterocycles. The number of hydrogen-bond donors (Lipinski definition) is 1. The average Bonchev–Trinajstić information content (AvgIpc) is 2.79. The topological polar surface area (TPSA) is 64.4 Å². The summed E-state index contributed by atoms with van der Waals surface area (Å²) in [5.74, 6) is -0.949. The minimum absolute atomic E-state index is 0.221. The van der Waals surface area contributed by atoms with Crippen molar-refractivity contribution in [3.05, 3.63) is 30.1 Å². The van der Waals surface area contributed by atoms with Gasteiger partial charge in [0.05, 0.1) is 17.4 Å². The lowest BCUT2D eigenvalue weighted by Gasteiger charge is -2.13. The van der Waals surface area contributed by atoms with Crippen molar-refractivity contribution in [2.75, 3.05) is 13.7 Å². The van der Waals surface area contributed by atoms with Crippen LogP contribution in [0.15, 0.2) is 24.5 Å². The third kappa shape index (κ3) is 2.22. The zero-order chi connectivity index (χ0) is 13.1. The number of methoxy groups -OCH3 is 1. The zero-order valence-corrected chi connectivity index (χ0v) is 10.5. The van der Waals surface area contributed by atoms with E-state index >= 15 is 0 Å². The molecule has 5 heteroatoms. The van der Waals surface area contributed by atoms with Crippen LogP contribution in [0.4, 0.5) is 0 Å². The summed E-state index contributed by atoms with van der Waals surface area (Å²) in [7, 11) is 1.67. The Hall–Kier alpha value is -1.88. The first kappa shape index (κ1) is 12.6. The molecule has 0 aliphatic heterocycles. The molecule has 1 unspecified atom stereocenters. The summed E-state index contributed by atoms with van der Waals surface area (Å²) in [6, 6.07) is 5.42. The van der Waals surface area contributed by atoms with Crippen molar-refractivity contribution in [1.29, 1.82) is 0 Å². The Bertz CT molecular complexity index is 562. The highest BCUT2D eigenvalue weighted by Crippen LogP contribution is 2.22. The summed E-state index contributed by atoms with van der Waals surface area (Å²) >= 11 is 0. The van der Waals surface area contributed by atoms with Crippen molar-refractivity contribution >= 4 is 17.0 Å². The van der Waals surface area contributed by atoms with Crippen LogP contribution in [0.1, 0.15) is 29.7 Å². The van der Waals surface area contributed by atoms with Crippen LogP contribution in [0.2, 0.25) is 0 Å². The van der Waals surface area contributed by atoms with E-state index in [9.17, 15) is 4.79 Å². The van der Waals surface area contributed by atoms with Gasteiger partial charge in [0.1, 0.15) is 5.52 Å². The summed E-state index contributed by atoms with van der Waals surface area (Å²) in [6.45, 7) is 2.73. The molecule has 2 rings (SSSR count). The molecular weight excluding hydrogens is 232 g/mol. The van der Waals surface area contributed by atoms with Crippen molar-refractivity contribution in [3.63, 3.8) is 0 Å². The average molecular weight is 248 g/mol. The molecule has 5 nitrogen and oxygen atoms in total. The molecule has 2 aromatic rings. The maximum Gasteiger partial charge on any atom is 0.337 e. The van der Waals surface area contributed by atoms with Crippen molar-refractivity contribution < 1.29 is 14.6 Å². The summed E-state index contributed by atoms with van der Waals surface area (Å²) in [5, 5.41) is 9.10. The molecule has 1 heterocycles. The number of aromatic nitrogens is 2. The quantitative estimate of drug-likeness (QED) is 0.882. The van der Waals surface area contributed by atoms with Gasteiger partial charge < -0.3 is 14.4 Å². The molecule has 1 N–H and O–H groups in total. The van der Waals surface area contributed by atoms with Crippen molar-refractivity contribution in [2.45, 2.75) is 19.4 Å². The third-order valence-electron chi connectivity index (χ3n) is 3.05. The van der Waals surface area contributed by atoms with E-state index in [0.29, 0.717) is 12.1 Å². The first-order chi connectivity index (χ1) is 8.65. The number of ether oxygens (including phenoxy) is 1. The predicted molar refractivity (Wildman–Crippen MR) is 67.9 cm³/mol. The summed E-state index contributed by atoms with van der Waals surface area (Å²) in [4.78, 5) is 15.3. The fraction of sp³-hybridized carbons (Fsp3) is 0.385. The van der Waals surface area contributed by atoms with E-state index < -0.39 is 5.97 Å². The minimum Gasteiger partial charge on any atom is -0.478 e. The second kappa shape index (κ2) is 5.18. The van der Waals surface area contributed by atoms with Crippen LogP contribution in [0.5, 0.6) is 0 Å². The van der Waals surface area contributed by atoms with Crippen LogP contribution < -0.4 is 0 Å². The molecule has 0 fully saturated rings. The third-order valence-corrected chi connectivity index (χ3v) is 3.05. The van der Waals surface area contributed by atoms with Gasteiger partial charge in [-0.15, -0.1) is 0 Å². The SMILES string of the molecule is COCCC(C)n1cnc2c(C(=O)O)cccc21. The van der Waals surface area contributed by atoms with Crippen LogP contribution in [0.25, 0.3) is 11.0 Å². The monoisotopic (exact) mass is 248 g/mol. The number of carboxylic acid groups (broad SMARTS) is 1. The van der Waals surface area contributed by atoms with Crippen molar-refractivity contribution in [2.24, 2.45) is 0 Å². The van der Waals surface area contributed by atoms with Gasteiger partial charge >= 0.3 is 5.97 Å². The molecule has 0 bridgehead atoms. The van der Waals surface area contributed by atoms with Crippen LogP contribution in [0, 0.1) is 0 Å². The summed E-state index contributed by atoms with van der Waals surface area (Å²) in [6.07, 6.45) is 2.55. The standard InChI is InChI=1S/C13H16N2O3/c1-9(6-7-18-2)15-8-14-12-10(13(16)17)4-3-5-11(12)15/h3-5,8-9H,6-7H2,1-2H3,(H,16,17). The first-order valence-electron chi connectivity index (χ1n) is 5.83. The summed E-state index contributed by atoms with van der Waals surface area (Å²) < 4.78 is 7.04. The maximum atomic E-state index is 11.1. The minimum atomic E-state index is -0.949. The van der Waals surface area contributed by atoms with E-state index in [2.05, 4.69) is 11.9 Å². The predicted octanol–water partition coefficient (Wildman–Crippen LogP) is 2.33. The smallest absolute Gasteiger partial charge is 0.337 e. The maximum absolute atomic E-state index is 11.1. The van der Waals surface area contributed by atoms with Gasteiger partial charge in [-0.25, -0.2) is 9.78 Å². The van der Waals surface area contributed by atoms with Gasteiger partial charge in [0, 0.05) is 19.8 Å². The fourth-order valence-corrected chi connectivity index (χ4v) is 2.01. The van der Waals surface area contributed by atoms with Crippen LogP contribution >= 0.6 is 0 Å². The lowest BCUT2D eigenvalue weighted by Crippen LogP contribution is -2.07. The van der Waals surface area contributed by atoms with E-state index in [-0.39, 0.29) is 11.6 Å². The fourth-order valence-electron chi connectivity index (χ4n) is 2.01. The zero-order valence-electron chi connectivity index (χ0n) is 10.5. The van der Waals surface area contributed by atoms with E-state index in [4.69, 9.17) is 9.84 Å². The van der Waals surface area contributed by atoms with E-state index in [1.807, 2.05) is 10.6 Å². The molecule has 0 saturated carbocycles. The van der Waals surface area contributed by atoms with Gasteiger partial charge in [-0.3, -0.25) is 0 Å². The Balaban J connectivity index is 2.42. The molecule has 0 aliphatic carbocycles. The van der Waals surface area contributed by atoms with Gasteiger partial charge in [-0.1, -0.05) is 6.07 Å². The number of aromatic carboxylic acids is 1. The molecule has 18 heavy (non-hydrogen) atoms. The second-order valence-electron chi connectivity index (χ2n) is 4.26. The van der Waals surface area contributed by atoms with E-state index in [1.165, 1.54) is 0 Å². The molecule has 1 atom stereocenters. The lowest BCUT2D eigenvalue weighted by atomic mass is 10.1. The summed E-state index contributed by atoms with van der Waals surface area (Å²) in [5.41, 5.74) is 1.62. The van der Waals surface area contributed by atoms with Crippen LogP contribution in [-0.4, -0.2) is 34.3 Å². The normalized spacial score (nSPS) is 12.8. The Morgan fingerprint density at radius 3 is 3.00 bits per heavy atom. The molecule has 0 amide bonds. The number of para-hydroxylation sites is 1. The second-order valence-corrected chi connectivity index (χ2v) is 4.26. The van der Waals surface area contributed by atoms with Gasteiger partial charge in [0.15, 0.2) is 0 Å². The molecule has 1 aromatic heterocycles. The Morgan fingerprint density at radius 1 is 1.56 bits per heavy atom. The molecule has 96 valence electrons. The van der Waals surface area contributed by atoms with Crippen LogP contribution in [0.3, 0.4) is 0 Å². The first-order valence-corrected chi connectivity index (χ1v) is 5.83. The molecule has 0 spiro atoms. The Labute approximate surface area is 105 Å². The molecular formula is C13H16N2O3. The molecule has 1 aromatic carbocycles. The number of imidazole rings is 1. The number of benzene rings is 1. The number of hydrogen-bond acceptors (Lipinski definition) is 3. The Morgan fingerprint density at radius 2 is 2.33 bits per heavy atom. The van der Waals surface area contributed by atoms with Gasteiger partial charge in [-0.05, 0) is 25.5 Å². The van der Waals surface area contributed by atoms with Crippen molar-refractivity contribution in [3.8, 4) is 0 Å². The van der Waals surface area contributed by atoms with Crippen molar-refractivity contribution in [1.82, 2.24) is 9.55 Å². The molecule has 0 radical (unpaired) electrons. The molecule has 0 aliphatic rings. The highest BCUT2D eigenvalue weighted by Gasteiger charge is 2.14. The van der Waals surface area contributed by atoms with Gasteiger partial charge in [0.25, 0.3) is 0 Å². The number of fused-ring (bicyclic) bond motifs is 1. The van der Waals surface area contributed by atoms with Gasteiger partial charge in [0.2, 0.25) is 0 Å². The number of nitrogens with zero attached hydrogens (tertiary/aromatic N) is 2. The van der Waals surface area contributed by atoms with E-state index in [1.54, 1.807) is 25.6 Å². The van der Waals surface area contributed by atoms with E-state index in [0.717, 1.165) is 11.9 Å². The Kier molecular flexibility index (Phi) is 3.62. The van der Waals surface area contributed by atoms with Crippen LogP contribution in [-0.2, 0) is 4.74 Å². The number of carboxylic acids is 1. The largest absolute Gasteiger partial charge is 0.478 e. The highest BCUT2D eigenvalue weighted by atomic mass is 16.5.